The van der Waals surface area contributed by atoms with Gasteiger partial charge in [0.15, 0.2) is 5.78 Å². The second-order valence-corrected chi connectivity index (χ2v) is 8.76. The molecule has 1 amide bonds. The lowest BCUT2D eigenvalue weighted by Gasteiger charge is -2.37. The van der Waals surface area contributed by atoms with E-state index >= 15 is 0 Å². The molecule has 1 saturated heterocycles. The number of carbonyl (C=O) groups excluding carboxylic acids is 2. The number of carbonyl (C=O) groups is 2. The van der Waals surface area contributed by atoms with Gasteiger partial charge in [-0.05, 0) is 48.1 Å². The van der Waals surface area contributed by atoms with Crippen LogP contribution in [0.4, 0.5) is 0 Å². The molecule has 0 bridgehead atoms. The first-order valence-corrected chi connectivity index (χ1v) is 11.4. The number of ketones is 1. The summed E-state index contributed by atoms with van der Waals surface area (Å²) in [5, 5.41) is 0. The molecule has 32 heavy (non-hydrogen) atoms. The van der Waals surface area contributed by atoms with Crippen LogP contribution < -0.4 is 4.74 Å². The van der Waals surface area contributed by atoms with E-state index in [1.807, 2.05) is 23.1 Å². The largest absolute Gasteiger partial charge is 0.486 e. The average molecular weight is 426 g/mol. The summed E-state index contributed by atoms with van der Waals surface area (Å²) >= 11 is 0. The second-order valence-electron chi connectivity index (χ2n) is 8.76. The van der Waals surface area contributed by atoms with Crippen LogP contribution in [-0.2, 0) is 11.2 Å². The minimum atomic E-state index is 0.0419. The Kier molecular flexibility index (Phi) is 5.76. The van der Waals surface area contributed by atoms with Crippen LogP contribution in [0.2, 0.25) is 0 Å². The molecule has 0 spiro atoms. The summed E-state index contributed by atoms with van der Waals surface area (Å²) in [7, 11) is 0. The minimum absolute atomic E-state index is 0.0419. The molecule has 0 aliphatic carbocycles. The number of Topliss-reactive ketones (excluding diaryl/α,β-unsaturated/α-hetero) is 1. The molecule has 5 rings (SSSR count). The van der Waals surface area contributed by atoms with Gasteiger partial charge in [-0.1, -0.05) is 60.7 Å². The van der Waals surface area contributed by atoms with E-state index in [4.69, 9.17) is 4.74 Å². The number of hydrogen-bond acceptors (Lipinski definition) is 3. The van der Waals surface area contributed by atoms with Gasteiger partial charge >= 0.3 is 0 Å². The van der Waals surface area contributed by atoms with Crippen LogP contribution in [0.1, 0.15) is 45.8 Å². The SMILES string of the molecule is O=C1COc2ccc(C(=O)N3CCC(C(c4ccccc4)c4ccccc4)CC3)cc2C1. The standard InChI is InChI=1S/C28H27NO3/c30-25-18-24-17-23(11-12-26(24)32-19-25)28(31)29-15-13-22(14-16-29)27(20-7-3-1-4-8-20)21-9-5-2-6-10-21/h1-12,17,22,27H,13-16,18-19H2. The van der Waals surface area contributed by atoms with Gasteiger partial charge < -0.3 is 9.64 Å². The highest BCUT2D eigenvalue weighted by Crippen LogP contribution is 2.38. The predicted molar refractivity (Wildman–Crippen MR) is 124 cm³/mol. The molecule has 0 N–H and O–H groups in total. The van der Waals surface area contributed by atoms with Crippen LogP contribution in [0.5, 0.6) is 5.75 Å². The van der Waals surface area contributed by atoms with Gasteiger partial charge in [0.1, 0.15) is 12.4 Å². The van der Waals surface area contributed by atoms with Crippen molar-refractivity contribution < 1.29 is 14.3 Å². The molecule has 0 atom stereocenters. The lowest BCUT2D eigenvalue weighted by Crippen LogP contribution is -2.40. The first kappa shape index (κ1) is 20.5. The highest BCUT2D eigenvalue weighted by molar-refractivity contribution is 5.95. The summed E-state index contributed by atoms with van der Waals surface area (Å²) in [5.74, 6) is 1.63. The third-order valence-corrected chi connectivity index (χ3v) is 6.70. The van der Waals surface area contributed by atoms with Crippen LogP contribution in [0.15, 0.2) is 78.9 Å². The van der Waals surface area contributed by atoms with E-state index in [0.29, 0.717) is 29.6 Å². The van der Waals surface area contributed by atoms with Crippen LogP contribution >= 0.6 is 0 Å². The lowest BCUT2D eigenvalue weighted by atomic mass is 9.76. The molecule has 0 aromatic heterocycles. The Bertz CT molecular complexity index is 1060. The summed E-state index contributed by atoms with van der Waals surface area (Å²) in [5.41, 5.74) is 4.13. The number of benzene rings is 3. The van der Waals surface area contributed by atoms with E-state index < -0.39 is 0 Å². The van der Waals surface area contributed by atoms with Crippen molar-refractivity contribution in [2.45, 2.75) is 25.2 Å². The third-order valence-electron chi connectivity index (χ3n) is 6.70. The van der Waals surface area contributed by atoms with E-state index in [1.54, 1.807) is 0 Å². The van der Waals surface area contributed by atoms with Gasteiger partial charge in [0.25, 0.3) is 5.91 Å². The Morgan fingerprint density at radius 2 is 1.50 bits per heavy atom. The number of nitrogens with zero attached hydrogens (tertiary/aromatic N) is 1. The van der Waals surface area contributed by atoms with Crippen LogP contribution in [0.25, 0.3) is 0 Å². The van der Waals surface area contributed by atoms with Crippen LogP contribution in [0.3, 0.4) is 0 Å². The number of ether oxygens (including phenoxy) is 1. The van der Waals surface area contributed by atoms with Gasteiger partial charge in [-0.3, -0.25) is 9.59 Å². The topological polar surface area (TPSA) is 46.6 Å². The summed E-state index contributed by atoms with van der Waals surface area (Å²) in [6, 6.07) is 26.9. The van der Waals surface area contributed by atoms with Crippen LogP contribution in [0, 0.1) is 5.92 Å². The molecule has 2 aliphatic heterocycles. The number of fused-ring (bicyclic) bond motifs is 1. The Labute approximate surface area is 188 Å². The summed E-state index contributed by atoms with van der Waals surface area (Å²) in [4.78, 5) is 26.9. The van der Waals surface area contributed by atoms with Crippen molar-refractivity contribution in [2.75, 3.05) is 19.7 Å². The zero-order valence-corrected chi connectivity index (χ0v) is 18.1. The molecule has 4 nitrogen and oxygen atoms in total. The van der Waals surface area contributed by atoms with E-state index in [-0.39, 0.29) is 18.3 Å². The van der Waals surface area contributed by atoms with E-state index in [2.05, 4.69) is 60.7 Å². The second kappa shape index (κ2) is 8.99. The summed E-state index contributed by atoms with van der Waals surface area (Å²) in [6.45, 7) is 1.61. The fourth-order valence-electron chi connectivity index (χ4n) is 5.09. The molecule has 3 aromatic rings. The maximum Gasteiger partial charge on any atom is 0.253 e. The number of likely N-dealkylation sites (tertiary alicyclic amines) is 1. The van der Waals surface area contributed by atoms with Gasteiger partial charge in [-0.15, -0.1) is 0 Å². The molecular weight excluding hydrogens is 398 g/mol. The summed E-state index contributed by atoms with van der Waals surface area (Å²) < 4.78 is 5.47. The molecule has 0 saturated carbocycles. The van der Waals surface area contributed by atoms with Crippen molar-refractivity contribution in [2.24, 2.45) is 5.92 Å². The highest BCUT2D eigenvalue weighted by Gasteiger charge is 2.31. The smallest absolute Gasteiger partial charge is 0.253 e. The maximum absolute atomic E-state index is 13.2. The monoisotopic (exact) mass is 425 g/mol. The zero-order chi connectivity index (χ0) is 21.9. The fraction of sp³-hybridized carbons (Fsp3) is 0.286. The quantitative estimate of drug-likeness (QED) is 0.599. The average Bonchev–Trinajstić information content (AvgIpc) is 2.85. The summed E-state index contributed by atoms with van der Waals surface area (Å²) in [6.07, 6.45) is 2.27. The van der Waals surface area contributed by atoms with Gasteiger partial charge in [-0.2, -0.15) is 0 Å². The number of rotatable bonds is 4. The van der Waals surface area contributed by atoms with E-state index in [9.17, 15) is 9.59 Å². The molecule has 0 radical (unpaired) electrons. The zero-order valence-electron chi connectivity index (χ0n) is 18.1. The van der Waals surface area contributed by atoms with Gasteiger partial charge in [0, 0.05) is 36.6 Å². The Morgan fingerprint density at radius 1 is 0.875 bits per heavy atom. The first-order chi connectivity index (χ1) is 15.7. The predicted octanol–water partition coefficient (Wildman–Crippen LogP) is 4.87. The number of piperidine rings is 1. The van der Waals surface area contributed by atoms with Crippen molar-refractivity contribution in [3.8, 4) is 5.75 Å². The molecule has 2 heterocycles. The number of amides is 1. The van der Waals surface area contributed by atoms with Gasteiger partial charge in [-0.25, -0.2) is 0 Å². The van der Waals surface area contributed by atoms with Crippen LogP contribution in [-0.4, -0.2) is 36.3 Å². The Morgan fingerprint density at radius 3 is 2.12 bits per heavy atom. The van der Waals surface area contributed by atoms with Crippen molar-refractivity contribution in [3.63, 3.8) is 0 Å². The van der Waals surface area contributed by atoms with E-state index in [0.717, 1.165) is 31.5 Å². The molecule has 4 heteroatoms. The molecule has 3 aromatic carbocycles. The first-order valence-electron chi connectivity index (χ1n) is 11.4. The fourth-order valence-corrected chi connectivity index (χ4v) is 5.09. The normalized spacial score (nSPS) is 16.5. The van der Waals surface area contributed by atoms with Crippen molar-refractivity contribution in [1.82, 2.24) is 4.90 Å². The highest BCUT2D eigenvalue weighted by atomic mass is 16.5. The maximum atomic E-state index is 13.2. The molecule has 162 valence electrons. The van der Waals surface area contributed by atoms with Crippen molar-refractivity contribution in [3.05, 3.63) is 101 Å². The molecule has 1 fully saturated rings. The van der Waals surface area contributed by atoms with Crippen molar-refractivity contribution >= 4 is 11.7 Å². The number of hydrogen-bond donors (Lipinski definition) is 0. The van der Waals surface area contributed by atoms with Gasteiger partial charge in [0.05, 0.1) is 0 Å². The Hall–Kier alpha value is -3.40. The molecule has 0 unspecified atom stereocenters. The van der Waals surface area contributed by atoms with Gasteiger partial charge in [0.2, 0.25) is 0 Å². The Balaban J connectivity index is 1.31. The van der Waals surface area contributed by atoms with E-state index in [1.165, 1.54) is 11.1 Å². The minimum Gasteiger partial charge on any atom is -0.486 e. The molecule has 2 aliphatic rings. The van der Waals surface area contributed by atoms with Crippen molar-refractivity contribution in [1.29, 1.82) is 0 Å². The molecular formula is C28H27NO3. The third kappa shape index (κ3) is 4.18. The lowest BCUT2D eigenvalue weighted by molar-refractivity contribution is -0.121.